The zero-order valence-electron chi connectivity index (χ0n) is 17.8. The maximum Gasteiger partial charge on any atom is 0.338 e. The number of carbonyl (C=O) groups is 2. The molecule has 0 aliphatic carbocycles. The number of benzene rings is 2. The van der Waals surface area contributed by atoms with Gasteiger partial charge in [-0.15, -0.1) is 0 Å². The largest absolute Gasteiger partial charge is 0.493 e. The number of amides is 1. The van der Waals surface area contributed by atoms with E-state index >= 15 is 0 Å². The molecule has 2 rings (SSSR count). The topological polar surface area (TPSA) is 65.1 Å². The Labute approximate surface area is 176 Å². The molecule has 0 atom stereocenters. The predicted octanol–water partition coefficient (Wildman–Crippen LogP) is 4.07. The first-order chi connectivity index (χ1) is 14.3. The van der Waals surface area contributed by atoms with Crippen LogP contribution < -0.4 is 9.47 Å². The predicted molar refractivity (Wildman–Crippen MR) is 111 cm³/mol. The Bertz CT molecular complexity index is 868. The van der Waals surface area contributed by atoms with Crippen LogP contribution in [0.3, 0.4) is 0 Å². The van der Waals surface area contributed by atoms with Gasteiger partial charge in [0.2, 0.25) is 0 Å². The van der Waals surface area contributed by atoms with Gasteiger partial charge in [-0.2, -0.15) is 0 Å². The maximum atomic E-state index is 13.7. The maximum absolute atomic E-state index is 13.7. The molecule has 0 N–H and O–H groups in total. The molecule has 0 aliphatic heterocycles. The molecule has 30 heavy (non-hydrogen) atoms. The summed E-state index contributed by atoms with van der Waals surface area (Å²) in [4.78, 5) is 25.8. The summed E-state index contributed by atoms with van der Waals surface area (Å²) in [6, 6.07) is 10.9. The molecule has 2 aromatic carbocycles. The first kappa shape index (κ1) is 23.2. The second-order valence-corrected chi connectivity index (χ2v) is 7.31. The molecule has 0 bridgehead atoms. The first-order valence-electron chi connectivity index (χ1n) is 9.77. The van der Waals surface area contributed by atoms with E-state index < -0.39 is 24.3 Å². The van der Waals surface area contributed by atoms with Crippen LogP contribution in [0.15, 0.2) is 42.5 Å². The summed E-state index contributed by atoms with van der Waals surface area (Å²) in [7, 11) is 3.01. The second kappa shape index (κ2) is 11.2. The van der Waals surface area contributed by atoms with E-state index in [2.05, 4.69) is 13.8 Å². The molecule has 0 heterocycles. The summed E-state index contributed by atoms with van der Waals surface area (Å²) in [5, 5.41) is 0. The van der Waals surface area contributed by atoms with Gasteiger partial charge in [0.05, 0.1) is 19.3 Å². The number of likely N-dealkylation sites (N-methyl/N-ethyl adjacent to an activating group) is 1. The Balaban J connectivity index is 1.92. The quantitative estimate of drug-likeness (QED) is 0.545. The van der Waals surface area contributed by atoms with Gasteiger partial charge >= 0.3 is 5.97 Å². The van der Waals surface area contributed by atoms with E-state index in [0.29, 0.717) is 29.6 Å². The number of carbonyl (C=O) groups excluding carboxylic acids is 2. The van der Waals surface area contributed by atoms with Crippen LogP contribution in [0.2, 0.25) is 0 Å². The summed E-state index contributed by atoms with van der Waals surface area (Å²) in [6.07, 6.45) is 0.898. The standard InChI is InChI=1S/C23H28FNO5/c1-16(2)11-12-29-20-10-9-17(13-21(20)28-4)23(27)30-15-22(26)25(3)14-18-7-5-6-8-19(18)24/h5-10,13,16H,11-12,14-15H2,1-4H3. The van der Waals surface area contributed by atoms with Crippen LogP contribution in [0.5, 0.6) is 11.5 Å². The minimum absolute atomic E-state index is 0.0826. The van der Waals surface area contributed by atoms with E-state index in [1.165, 1.54) is 31.2 Å². The van der Waals surface area contributed by atoms with Crippen molar-refractivity contribution in [2.75, 3.05) is 27.4 Å². The van der Waals surface area contributed by atoms with Crippen molar-refractivity contribution in [2.24, 2.45) is 5.92 Å². The van der Waals surface area contributed by atoms with Gasteiger partial charge in [-0.3, -0.25) is 4.79 Å². The highest BCUT2D eigenvalue weighted by atomic mass is 19.1. The summed E-state index contributed by atoms with van der Waals surface area (Å²) in [6.45, 7) is 4.39. The Morgan fingerprint density at radius 2 is 1.83 bits per heavy atom. The van der Waals surface area contributed by atoms with Crippen LogP contribution in [-0.2, 0) is 16.1 Å². The molecule has 0 aliphatic rings. The molecule has 6 nitrogen and oxygen atoms in total. The van der Waals surface area contributed by atoms with Crippen LogP contribution in [0.25, 0.3) is 0 Å². The summed E-state index contributed by atoms with van der Waals surface area (Å²) in [5.41, 5.74) is 0.630. The fourth-order valence-electron chi connectivity index (χ4n) is 2.61. The number of esters is 1. The van der Waals surface area contributed by atoms with Crippen molar-refractivity contribution in [3.63, 3.8) is 0 Å². The molecule has 0 aromatic heterocycles. The molecular weight excluding hydrogens is 389 g/mol. The second-order valence-electron chi connectivity index (χ2n) is 7.31. The third kappa shape index (κ3) is 6.76. The van der Waals surface area contributed by atoms with E-state index in [1.54, 1.807) is 30.3 Å². The Hall–Kier alpha value is -3.09. The minimum atomic E-state index is -0.658. The smallest absolute Gasteiger partial charge is 0.338 e. The van der Waals surface area contributed by atoms with Crippen LogP contribution in [0.4, 0.5) is 4.39 Å². The van der Waals surface area contributed by atoms with Gasteiger partial charge in [0.25, 0.3) is 5.91 Å². The van der Waals surface area contributed by atoms with Crippen molar-refractivity contribution >= 4 is 11.9 Å². The minimum Gasteiger partial charge on any atom is -0.493 e. The molecule has 0 saturated heterocycles. The molecule has 0 radical (unpaired) electrons. The van der Waals surface area contributed by atoms with Crippen molar-refractivity contribution < 1.29 is 28.2 Å². The average Bonchev–Trinajstić information content (AvgIpc) is 2.73. The van der Waals surface area contributed by atoms with Gasteiger partial charge in [0.1, 0.15) is 5.82 Å². The van der Waals surface area contributed by atoms with Gasteiger partial charge in [-0.05, 0) is 36.6 Å². The molecule has 0 fully saturated rings. The molecular formula is C23H28FNO5. The summed E-state index contributed by atoms with van der Waals surface area (Å²) in [5.74, 6) is -0.0234. The van der Waals surface area contributed by atoms with Crippen LogP contribution in [-0.4, -0.2) is 44.1 Å². The Kier molecular flexibility index (Phi) is 8.65. The molecule has 7 heteroatoms. The van der Waals surface area contributed by atoms with Crippen LogP contribution in [0.1, 0.15) is 36.2 Å². The summed E-state index contributed by atoms with van der Waals surface area (Å²) < 4.78 is 29.8. The number of hydrogen-bond donors (Lipinski definition) is 0. The van der Waals surface area contributed by atoms with E-state index in [1.807, 2.05) is 0 Å². The van der Waals surface area contributed by atoms with Crippen LogP contribution in [0, 0.1) is 11.7 Å². The van der Waals surface area contributed by atoms with Crippen molar-refractivity contribution in [1.29, 1.82) is 0 Å². The third-order valence-electron chi connectivity index (χ3n) is 4.47. The lowest BCUT2D eigenvalue weighted by atomic mass is 10.1. The molecule has 162 valence electrons. The van der Waals surface area contributed by atoms with Gasteiger partial charge in [0, 0.05) is 19.2 Å². The van der Waals surface area contributed by atoms with Crippen molar-refractivity contribution in [1.82, 2.24) is 4.90 Å². The fraction of sp³-hybridized carbons (Fsp3) is 0.391. The number of rotatable bonds is 10. The van der Waals surface area contributed by atoms with E-state index in [-0.39, 0.29) is 12.1 Å². The molecule has 2 aromatic rings. The highest BCUT2D eigenvalue weighted by Crippen LogP contribution is 2.28. The fourth-order valence-corrected chi connectivity index (χ4v) is 2.61. The summed E-state index contributed by atoms with van der Waals surface area (Å²) >= 11 is 0. The van der Waals surface area contributed by atoms with Gasteiger partial charge in [0.15, 0.2) is 18.1 Å². The first-order valence-corrected chi connectivity index (χ1v) is 9.77. The number of hydrogen-bond acceptors (Lipinski definition) is 5. The van der Waals surface area contributed by atoms with E-state index in [4.69, 9.17) is 14.2 Å². The average molecular weight is 417 g/mol. The van der Waals surface area contributed by atoms with E-state index in [0.717, 1.165) is 6.42 Å². The highest BCUT2D eigenvalue weighted by molar-refractivity contribution is 5.92. The van der Waals surface area contributed by atoms with Crippen molar-refractivity contribution in [2.45, 2.75) is 26.8 Å². The number of nitrogens with zero attached hydrogens (tertiary/aromatic N) is 1. The molecule has 0 saturated carbocycles. The molecule has 0 spiro atoms. The van der Waals surface area contributed by atoms with Crippen molar-refractivity contribution in [3.8, 4) is 11.5 Å². The normalized spacial score (nSPS) is 10.6. The Morgan fingerprint density at radius 3 is 2.50 bits per heavy atom. The lowest BCUT2D eigenvalue weighted by Gasteiger charge is -2.17. The number of ether oxygens (including phenoxy) is 3. The molecule has 1 amide bonds. The third-order valence-corrected chi connectivity index (χ3v) is 4.47. The lowest BCUT2D eigenvalue weighted by molar-refractivity contribution is -0.133. The van der Waals surface area contributed by atoms with Gasteiger partial charge in [-0.1, -0.05) is 32.0 Å². The zero-order chi connectivity index (χ0) is 22.1. The molecule has 0 unspecified atom stereocenters. The monoisotopic (exact) mass is 417 g/mol. The number of methoxy groups -OCH3 is 1. The lowest BCUT2D eigenvalue weighted by Crippen LogP contribution is -2.31. The van der Waals surface area contributed by atoms with Crippen molar-refractivity contribution in [3.05, 3.63) is 59.4 Å². The zero-order valence-corrected chi connectivity index (χ0v) is 17.8. The van der Waals surface area contributed by atoms with Gasteiger partial charge < -0.3 is 19.1 Å². The number of halogens is 1. The van der Waals surface area contributed by atoms with E-state index in [9.17, 15) is 14.0 Å². The highest BCUT2D eigenvalue weighted by Gasteiger charge is 2.17. The SMILES string of the molecule is COc1cc(C(=O)OCC(=O)N(C)Cc2ccccc2F)ccc1OCCC(C)C. The van der Waals surface area contributed by atoms with Crippen LogP contribution >= 0.6 is 0 Å². The Morgan fingerprint density at radius 1 is 1.10 bits per heavy atom. The van der Waals surface area contributed by atoms with Gasteiger partial charge in [-0.25, -0.2) is 9.18 Å².